The molecule has 0 heterocycles. The summed E-state index contributed by atoms with van der Waals surface area (Å²) in [7, 11) is 0. The van der Waals surface area contributed by atoms with Crippen molar-refractivity contribution in [1.82, 2.24) is 0 Å². The molecule has 0 radical (unpaired) electrons. The van der Waals surface area contributed by atoms with Crippen LogP contribution in [0.3, 0.4) is 0 Å². The fraction of sp³-hybridized carbons (Fsp3) is 1.00. The van der Waals surface area contributed by atoms with Gasteiger partial charge in [-0.15, -0.1) is 0 Å². The second kappa shape index (κ2) is 4.39. The lowest BCUT2D eigenvalue weighted by Gasteiger charge is -2.23. The summed E-state index contributed by atoms with van der Waals surface area (Å²) < 4.78 is 0. The predicted molar refractivity (Wildman–Crippen MR) is 40.2 cm³/mol. The minimum absolute atomic E-state index is 0. The lowest BCUT2D eigenvalue weighted by atomic mass is 9.87. The Balaban J connectivity index is 0.000000810. The largest absolute Gasteiger partial charge is 0.412 e. The molecular weight excluding hydrogens is 128 g/mol. The molecule has 1 aliphatic rings. The molecule has 1 saturated carbocycles. The highest BCUT2D eigenvalue weighted by Crippen LogP contribution is 2.25. The molecule has 1 fully saturated rings. The Morgan fingerprint density at radius 3 is 2.30 bits per heavy atom. The second-order valence-corrected chi connectivity index (χ2v) is 2.96. The lowest BCUT2D eigenvalue weighted by molar-refractivity contribution is 0.320. The Hall–Kier alpha value is -0.440. The van der Waals surface area contributed by atoms with Gasteiger partial charge >= 0.3 is 0 Å². The summed E-state index contributed by atoms with van der Waals surface area (Å²) in [6.45, 7) is 2.20. The molecule has 1 aliphatic carbocycles. The molecule has 10 heavy (non-hydrogen) atoms. The molecule has 3 heteroatoms. The molecule has 60 valence electrons. The maximum Gasteiger partial charge on any atom is 0.0731 e. The van der Waals surface area contributed by atoms with Gasteiger partial charge in [-0.1, -0.05) is 19.8 Å². The van der Waals surface area contributed by atoms with Crippen molar-refractivity contribution in [2.24, 2.45) is 11.0 Å². The third kappa shape index (κ3) is 2.06. The molecule has 2 atom stereocenters. The first-order valence-electron chi connectivity index (χ1n) is 3.71. The van der Waals surface area contributed by atoms with Gasteiger partial charge in [0, 0.05) is 0 Å². The predicted octanol–water partition coefficient (Wildman–Crippen LogP) is 1.77. The molecule has 3 N–H and O–H groups in total. The average Bonchev–Trinajstić information content (AvgIpc) is 1.89. The van der Waals surface area contributed by atoms with E-state index in [4.69, 9.17) is 5.53 Å². The van der Waals surface area contributed by atoms with Crippen LogP contribution >= 0.6 is 0 Å². The Kier molecular flexibility index (Phi) is 4.19. The smallest absolute Gasteiger partial charge is 0.0731 e. The fourth-order valence-electron chi connectivity index (χ4n) is 1.49. The summed E-state index contributed by atoms with van der Waals surface area (Å²) in [6.07, 6.45) is 5.03. The van der Waals surface area contributed by atoms with Crippen LogP contribution in [0.2, 0.25) is 0 Å². The zero-order chi connectivity index (χ0) is 6.69. The van der Waals surface area contributed by atoms with Gasteiger partial charge in [-0.25, -0.2) is 5.53 Å². The normalized spacial score (nSPS) is 32.5. The van der Waals surface area contributed by atoms with Crippen LogP contribution < -0.4 is 0 Å². The molecule has 0 amide bonds. The first-order valence-corrected chi connectivity index (χ1v) is 3.71. The van der Waals surface area contributed by atoms with Crippen molar-refractivity contribution < 1.29 is 5.48 Å². The average molecular weight is 144 g/mol. The zero-order valence-electron chi connectivity index (χ0n) is 6.43. The van der Waals surface area contributed by atoms with E-state index in [-0.39, 0.29) is 5.48 Å². The van der Waals surface area contributed by atoms with Crippen molar-refractivity contribution in [2.45, 2.75) is 38.6 Å². The first kappa shape index (κ1) is 9.56. The summed E-state index contributed by atoms with van der Waals surface area (Å²) in [4.78, 5) is 0. The van der Waals surface area contributed by atoms with Crippen LogP contribution in [0.25, 0.3) is 0 Å². The van der Waals surface area contributed by atoms with Gasteiger partial charge < -0.3 is 5.48 Å². The van der Waals surface area contributed by atoms with Crippen molar-refractivity contribution in [3.05, 3.63) is 0 Å². The van der Waals surface area contributed by atoms with Gasteiger partial charge in [-0.2, -0.15) is 5.11 Å². The number of rotatable bonds is 1. The highest BCUT2D eigenvalue weighted by Gasteiger charge is 2.19. The number of nitrogens with zero attached hydrogens (tertiary/aromatic N) is 1. The van der Waals surface area contributed by atoms with E-state index in [0.29, 0.717) is 12.0 Å². The third-order valence-electron chi connectivity index (χ3n) is 2.23. The van der Waals surface area contributed by atoms with E-state index in [1.807, 2.05) is 0 Å². The molecule has 0 bridgehead atoms. The monoisotopic (exact) mass is 144 g/mol. The first-order chi connectivity index (χ1) is 4.34. The van der Waals surface area contributed by atoms with Crippen LogP contribution in [0.1, 0.15) is 32.6 Å². The van der Waals surface area contributed by atoms with E-state index in [9.17, 15) is 0 Å². The van der Waals surface area contributed by atoms with Crippen molar-refractivity contribution in [2.75, 3.05) is 0 Å². The van der Waals surface area contributed by atoms with E-state index >= 15 is 0 Å². The topological polar surface area (TPSA) is 67.7 Å². The third-order valence-corrected chi connectivity index (χ3v) is 2.23. The molecule has 0 spiro atoms. The van der Waals surface area contributed by atoms with Crippen LogP contribution in [0.5, 0.6) is 0 Å². The molecular formula is C7H16N2O. The molecule has 0 aliphatic heterocycles. The summed E-state index contributed by atoms with van der Waals surface area (Å²) in [5.74, 6) is 0.663. The summed E-state index contributed by atoms with van der Waals surface area (Å²) >= 11 is 0. The number of nitrogens with one attached hydrogen (secondary N) is 1. The van der Waals surface area contributed by atoms with Crippen LogP contribution in [0.15, 0.2) is 5.11 Å². The molecule has 0 aromatic rings. The Bertz CT molecular complexity index is 106. The quantitative estimate of drug-likeness (QED) is 0.545. The van der Waals surface area contributed by atoms with E-state index in [1.54, 1.807) is 0 Å². The van der Waals surface area contributed by atoms with Gasteiger partial charge in [0.1, 0.15) is 0 Å². The van der Waals surface area contributed by atoms with E-state index in [1.165, 1.54) is 19.3 Å². The molecule has 0 aromatic carbocycles. The minimum Gasteiger partial charge on any atom is -0.412 e. The van der Waals surface area contributed by atoms with Crippen molar-refractivity contribution in [1.29, 1.82) is 5.53 Å². The Morgan fingerprint density at radius 1 is 1.30 bits per heavy atom. The molecule has 1 rings (SSSR count). The van der Waals surface area contributed by atoms with Gasteiger partial charge in [0.05, 0.1) is 6.04 Å². The number of hydrogen-bond donors (Lipinski definition) is 1. The fourth-order valence-corrected chi connectivity index (χ4v) is 1.49. The Labute approximate surface area is 61.6 Å². The highest BCUT2D eigenvalue weighted by molar-refractivity contribution is 4.75. The van der Waals surface area contributed by atoms with Crippen LogP contribution in [-0.2, 0) is 0 Å². The van der Waals surface area contributed by atoms with E-state index in [2.05, 4.69) is 12.0 Å². The summed E-state index contributed by atoms with van der Waals surface area (Å²) in [5.41, 5.74) is 6.85. The van der Waals surface area contributed by atoms with Crippen molar-refractivity contribution in [3.8, 4) is 0 Å². The van der Waals surface area contributed by atoms with Gasteiger partial charge in [0.2, 0.25) is 0 Å². The van der Waals surface area contributed by atoms with Gasteiger partial charge in [-0.05, 0) is 18.8 Å². The van der Waals surface area contributed by atoms with Gasteiger partial charge in [-0.3, -0.25) is 0 Å². The molecule has 2 unspecified atom stereocenters. The van der Waals surface area contributed by atoms with Gasteiger partial charge in [0.15, 0.2) is 0 Å². The maximum atomic E-state index is 6.85. The SMILES string of the molecule is CC1CCCCC1N=N.O. The van der Waals surface area contributed by atoms with Crippen molar-refractivity contribution in [3.63, 3.8) is 0 Å². The zero-order valence-corrected chi connectivity index (χ0v) is 6.43. The van der Waals surface area contributed by atoms with Crippen molar-refractivity contribution >= 4 is 0 Å². The number of hydrogen-bond acceptors (Lipinski definition) is 2. The Morgan fingerprint density at radius 2 is 1.90 bits per heavy atom. The summed E-state index contributed by atoms with van der Waals surface area (Å²) in [5, 5.41) is 3.58. The van der Waals surface area contributed by atoms with E-state index < -0.39 is 0 Å². The highest BCUT2D eigenvalue weighted by atomic mass is 16.0. The summed E-state index contributed by atoms with van der Waals surface area (Å²) in [6, 6.07) is 0.346. The molecule has 3 nitrogen and oxygen atoms in total. The van der Waals surface area contributed by atoms with Gasteiger partial charge in [0.25, 0.3) is 0 Å². The molecule has 0 aromatic heterocycles. The van der Waals surface area contributed by atoms with E-state index in [0.717, 1.165) is 6.42 Å². The minimum atomic E-state index is 0. The maximum absolute atomic E-state index is 6.85. The van der Waals surface area contributed by atoms with Crippen LogP contribution in [0, 0.1) is 11.4 Å². The lowest BCUT2D eigenvalue weighted by Crippen LogP contribution is -2.19. The van der Waals surface area contributed by atoms with Crippen LogP contribution in [0.4, 0.5) is 0 Å². The second-order valence-electron chi connectivity index (χ2n) is 2.96. The van der Waals surface area contributed by atoms with Crippen LogP contribution in [-0.4, -0.2) is 11.5 Å². The standard InChI is InChI=1S/C7H14N2.H2O/c1-6-4-2-3-5-7(6)9-8;/h6-8H,2-5H2,1H3;1H2. The molecule has 0 saturated heterocycles.